The third kappa shape index (κ3) is 6.11. The molecule has 0 saturated carbocycles. The molecule has 2 saturated heterocycles. The summed E-state index contributed by atoms with van der Waals surface area (Å²) in [4.78, 5) is 14.7. The summed E-state index contributed by atoms with van der Waals surface area (Å²) in [6, 6.07) is 10.4. The van der Waals surface area contributed by atoms with Gasteiger partial charge in [0.15, 0.2) is 5.96 Å². The molecule has 176 valence electrons. The number of piperidine rings is 2. The van der Waals surface area contributed by atoms with Crippen molar-refractivity contribution >= 4 is 40.8 Å². The van der Waals surface area contributed by atoms with E-state index in [1.54, 1.807) is 0 Å². The third-order valence-corrected chi connectivity index (χ3v) is 7.02. The van der Waals surface area contributed by atoms with Crippen LogP contribution in [0.3, 0.4) is 0 Å². The van der Waals surface area contributed by atoms with Crippen LogP contribution in [0.4, 0.5) is 0 Å². The van der Waals surface area contributed by atoms with Crippen LogP contribution in [0.1, 0.15) is 44.6 Å². The first-order valence-electron chi connectivity index (χ1n) is 12.0. The van der Waals surface area contributed by atoms with E-state index in [0.717, 1.165) is 24.6 Å². The molecule has 1 aromatic heterocycles. The van der Waals surface area contributed by atoms with Gasteiger partial charge in [0.2, 0.25) is 0 Å². The molecule has 0 unspecified atom stereocenters. The highest BCUT2D eigenvalue weighted by atomic mass is 127. The first-order valence-corrected chi connectivity index (χ1v) is 12.0. The Morgan fingerprint density at radius 2 is 1.78 bits per heavy atom. The van der Waals surface area contributed by atoms with Crippen LogP contribution in [-0.4, -0.2) is 72.6 Å². The summed E-state index contributed by atoms with van der Waals surface area (Å²) in [6.07, 6.45) is 8.39. The molecule has 0 bridgehead atoms. The zero-order valence-corrected chi connectivity index (χ0v) is 22.0. The molecule has 7 heteroatoms. The summed E-state index contributed by atoms with van der Waals surface area (Å²) in [7, 11) is 2.25. The van der Waals surface area contributed by atoms with Crippen molar-refractivity contribution in [2.45, 2.75) is 51.1 Å². The zero-order valence-electron chi connectivity index (χ0n) is 19.6. The summed E-state index contributed by atoms with van der Waals surface area (Å²) < 4.78 is 0. The molecule has 1 aromatic carbocycles. The molecule has 0 aliphatic carbocycles. The number of hydrogen-bond acceptors (Lipinski definition) is 4. The Bertz CT molecular complexity index is 866. The van der Waals surface area contributed by atoms with Gasteiger partial charge >= 0.3 is 0 Å². The number of hydrogen-bond donors (Lipinski definition) is 2. The molecule has 2 N–H and O–H groups in total. The van der Waals surface area contributed by atoms with Crippen LogP contribution in [0.5, 0.6) is 0 Å². The minimum absolute atomic E-state index is 0. The second-order valence-corrected chi connectivity index (χ2v) is 9.11. The van der Waals surface area contributed by atoms with Gasteiger partial charge in [-0.15, -0.1) is 24.0 Å². The number of nitrogens with zero attached hydrogens (tertiary/aromatic N) is 4. The predicted octanol–water partition coefficient (Wildman–Crippen LogP) is 3.86. The SMILES string of the molecule is CCNC(=NCc1ccnc2ccccc12)NCC1(N2CCCCC2)CCN(C)CC1.I. The predicted molar refractivity (Wildman–Crippen MR) is 145 cm³/mol. The highest BCUT2D eigenvalue weighted by Crippen LogP contribution is 2.30. The standard InChI is InChI=1S/C25H38N6.HI/c1-3-26-24(28-19-21-11-14-27-23-10-6-5-9-22(21)23)29-20-25(12-17-30(2)18-13-25)31-15-7-4-8-16-31;/h5-6,9-11,14H,3-4,7-8,12-13,15-20H2,1-2H3,(H2,26,28,29);1H. The van der Waals surface area contributed by atoms with Crippen molar-refractivity contribution < 1.29 is 0 Å². The number of benzene rings is 1. The van der Waals surface area contributed by atoms with Crippen molar-refractivity contribution in [2.24, 2.45) is 4.99 Å². The van der Waals surface area contributed by atoms with E-state index in [0.29, 0.717) is 6.54 Å². The van der Waals surface area contributed by atoms with Gasteiger partial charge in [0.25, 0.3) is 0 Å². The number of likely N-dealkylation sites (tertiary alicyclic amines) is 2. The molecule has 32 heavy (non-hydrogen) atoms. The Balaban J connectivity index is 0.00000289. The van der Waals surface area contributed by atoms with Gasteiger partial charge in [-0.05, 0) is 83.5 Å². The smallest absolute Gasteiger partial charge is 0.191 e. The topological polar surface area (TPSA) is 55.8 Å². The van der Waals surface area contributed by atoms with Gasteiger partial charge in [-0.1, -0.05) is 24.6 Å². The molecule has 2 aliphatic heterocycles. The van der Waals surface area contributed by atoms with Crippen LogP contribution in [0.15, 0.2) is 41.5 Å². The van der Waals surface area contributed by atoms with Crippen LogP contribution in [0.2, 0.25) is 0 Å². The lowest BCUT2D eigenvalue weighted by atomic mass is 9.84. The second-order valence-electron chi connectivity index (χ2n) is 9.11. The molecule has 0 spiro atoms. The quantitative estimate of drug-likeness (QED) is 0.325. The minimum Gasteiger partial charge on any atom is -0.357 e. The summed E-state index contributed by atoms with van der Waals surface area (Å²) in [5.41, 5.74) is 2.49. The van der Waals surface area contributed by atoms with Crippen LogP contribution in [-0.2, 0) is 6.54 Å². The van der Waals surface area contributed by atoms with E-state index in [2.05, 4.69) is 63.7 Å². The highest BCUT2D eigenvalue weighted by molar-refractivity contribution is 14.0. The number of rotatable bonds is 6. The molecule has 2 aromatic rings. The normalized spacial score (nSPS) is 20.0. The lowest BCUT2D eigenvalue weighted by Crippen LogP contribution is -2.62. The number of halogens is 1. The molecule has 2 fully saturated rings. The molecule has 0 amide bonds. The van der Waals surface area contributed by atoms with E-state index in [-0.39, 0.29) is 29.5 Å². The number of para-hydroxylation sites is 1. The lowest BCUT2D eigenvalue weighted by molar-refractivity contribution is 0.0173. The lowest BCUT2D eigenvalue weighted by Gasteiger charge is -2.50. The maximum absolute atomic E-state index is 4.95. The van der Waals surface area contributed by atoms with E-state index in [9.17, 15) is 0 Å². The van der Waals surface area contributed by atoms with E-state index in [4.69, 9.17) is 4.99 Å². The molecule has 6 nitrogen and oxygen atoms in total. The monoisotopic (exact) mass is 550 g/mol. The maximum atomic E-state index is 4.95. The molecule has 0 radical (unpaired) electrons. The summed E-state index contributed by atoms with van der Waals surface area (Å²) >= 11 is 0. The Hall–Kier alpha value is -1.45. The number of guanidine groups is 1. The number of nitrogens with one attached hydrogen (secondary N) is 2. The van der Waals surface area contributed by atoms with Gasteiger partial charge in [-0.2, -0.15) is 0 Å². The van der Waals surface area contributed by atoms with E-state index in [1.165, 1.54) is 69.2 Å². The zero-order chi connectivity index (χ0) is 21.5. The third-order valence-electron chi connectivity index (χ3n) is 7.02. The first-order chi connectivity index (χ1) is 15.2. The Morgan fingerprint density at radius 3 is 2.53 bits per heavy atom. The number of fused-ring (bicyclic) bond motifs is 1. The first kappa shape index (κ1) is 25.2. The number of aromatic nitrogens is 1. The van der Waals surface area contributed by atoms with E-state index < -0.39 is 0 Å². The highest BCUT2D eigenvalue weighted by Gasteiger charge is 2.39. The van der Waals surface area contributed by atoms with Crippen molar-refractivity contribution in [3.05, 3.63) is 42.1 Å². The molecule has 3 heterocycles. The van der Waals surface area contributed by atoms with Crippen molar-refractivity contribution in [3.8, 4) is 0 Å². The molecular weight excluding hydrogens is 511 g/mol. The summed E-state index contributed by atoms with van der Waals surface area (Å²) in [5.74, 6) is 0.915. The van der Waals surface area contributed by atoms with Gasteiger partial charge in [0.1, 0.15) is 0 Å². The average molecular weight is 551 g/mol. The van der Waals surface area contributed by atoms with E-state index >= 15 is 0 Å². The summed E-state index contributed by atoms with van der Waals surface area (Å²) in [6.45, 7) is 9.44. The maximum Gasteiger partial charge on any atom is 0.191 e. The average Bonchev–Trinajstić information content (AvgIpc) is 2.83. The summed E-state index contributed by atoms with van der Waals surface area (Å²) in [5, 5.41) is 8.37. The van der Waals surface area contributed by atoms with E-state index in [1.807, 2.05) is 12.3 Å². The van der Waals surface area contributed by atoms with Gasteiger partial charge in [0.05, 0.1) is 12.1 Å². The second kappa shape index (κ2) is 12.1. The van der Waals surface area contributed by atoms with Crippen LogP contribution >= 0.6 is 24.0 Å². The fraction of sp³-hybridized carbons (Fsp3) is 0.600. The van der Waals surface area contributed by atoms with Crippen molar-refractivity contribution in [1.82, 2.24) is 25.4 Å². The number of pyridine rings is 1. The Kier molecular flexibility index (Phi) is 9.55. The van der Waals surface area contributed by atoms with Gasteiger partial charge < -0.3 is 15.5 Å². The van der Waals surface area contributed by atoms with Crippen LogP contribution < -0.4 is 10.6 Å². The van der Waals surface area contributed by atoms with Gasteiger partial charge in [0, 0.05) is 30.2 Å². The van der Waals surface area contributed by atoms with Crippen molar-refractivity contribution in [3.63, 3.8) is 0 Å². The molecule has 0 atom stereocenters. The fourth-order valence-electron chi connectivity index (χ4n) is 5.05. The molecule has 2 aliphatic rings. The fourth-order valence-corrected chi connectivity index (χ4v) is 5.05. The molecule has 4 rings (SSSR count). The van der Waals surface area contributed by atoms with Crippen molar-refractivity contribution in [2.75, 3.05) is 46.3 Å². The van der Waals surface area contributed by atoms with Crippen LogP contribution in [0, 0.1) is 0 Å². The van der Waals surface area contributed by atoms with Gasteiger partial charge in [-0.25, -0.2) is 4.99 Å². The molecular formula is C25H39IN6. The minimum atomic E-state index is 0. The van der Waals surface area contributed by atoms with Gasteiger partial charge in [-0.3, -0.25) is 9.88 Å². The Morgan fingerprint density at radius 1 is 1.03 bits per heavy atom. The number of aliphatic imine (C=N–C) groups is 1. The van der Waals surface area contributed by atoms with Crippen LogP contribution in [0.25, 0.3) is 10.9 Å². The largest absolute Gasteiger partial charge is 0.357 e. The van der Waals surface area contributed by atoms with Crippen molar-refractivity contribution in [1.29, 1.82) is 0 Å². The Labute approximate surface area is 210 Å².